The predicted molar refractivity (Wildman–Crippen MR) is 185 cm³/mol. The van der Waals surface area contributed by atoms with E-state index >= 15 is 0 Å². The Labute approximate surface area is 281 Å². The molecule has 11 heteroatoms. The molecule has 0 spiro atoms. The summed E-state index contributed by atoms with van der Waals surface area (Å²) in [6.45, 7) is 3.79. The maximum atomic E-state index is 13.9. The van der Waals surface area contributed by atoms with E-state index < -0.39 is 10.0 Å². The number of fused-ring (bicyclic) bond motifs is 2. The smallest absolute Gasteiger partial charge is 0.253 e. The third-order valence-electron chi connectivity index (χ3n) is 9.31. The Bertz CT molecular complexity index is 2060. The van der Waals surface area contributed by atoms with Crippen LogP contribution < -0.4 is 4.74 Å². The lowest BCUT2D eigenvalue weighted by molar-refractivity contribution is 0.0766. The van der Waals surface area contributed by atoms with Gasteiger partial charge in [0.1, 0.15) is 11.3 Å². The van der Waals surface area contributed by atoms with Crippen molar-refractivity contribution in [1.29, 1.82) is 0 Å². The second-order valence-electron chi connectivity index (χ2n) is 12.8. The van der Waals surface area contributed by atoms with Crippen LogP contribution in [0.2, 0.25) is 0 Å². The largest absolute Gasteiger partial charge is 0.496 e. The lowest BCUT2D eigenvalue weighted by Gasteiger charge is -2.27. The Hall–Kier alpha value is -4.58. The molecule has 1 saturated heterocycles. The van der Waals surface area contributed by atoms with Gasteiger partial charge in [-0.15, -0.1) is 0 Å². The van der Waals surface area contributed by atoms with Crippen molar-refractivity contribution >= 4 is 27.1 Å². The molecule has 0 N–H and O–H groups in total. The van der Waals surface area contributed by atoms with Gasteiger partial charge in [0.05, 0.1) is 31.4 Å². The summed E-state index contributed by atoms with van der Waals surface area (Å²) in [7, 11) is 1.72. The number of hydrogen-bond acceptors (Lipinski definition) is 8. The number of nitrogens with zero attached hydrogens (tertiary/aromatic N) is 5. The van der Waals surface area contributed by atoms with Gasteiger partial charge in [-0.1, -0.05) is 42.5 Å². The zero-order valence-corrected chi connectivity index (χ0v) is 28.2. The molecule has 2 aliphatic heterocycles. The zero-order chi connectivity index (χ0) is 33.4. The summed E-state index contributed by atoms with van der Waals surface area (Å²) >= 11 is 0. The molecule has 5 aromatic rings. The van der Waals surface area contributed by atoms with Gasteiger partial charge in [0.25, 0.3) is 5.91 Å². The topological polar surface area (TPSA) is 107 Å². The molecule has 0 aliphatic carbocycles. The molecule has 0 bridgehead atoms. The molecule has 1 fully saturated rings. The number of carbonyl (C=O) groups is 1. The molecule has 7 rings (SSSR count). The van der Waals surface area contributed by atoms with E-state index in [1.54, 1.807) is 48.7 Å². The van der Waals surface area contributed by atoms with Crippen LogP contribution in [0.3, 0.4) is 0 Å². The summed E-state index contributed by atoms with van der Waals surface area (Å²) in [5.74, 6) is 0.871. The number of ether oxygens (including phenoxy) is 2. The van der Waals surface area contributed by atoms with Crippen LogP contribution in [0.1, 0.15) is 33.5 Å². The van der Waals surface area contributed by atoms with Crippen LogP contribution in [-0.2, 0) is 33.5 Å². The van der Waals surface area contributed by atoms with Gasteiger partial charge < -0.3 is 19.3 Å². The molecule has 0 radical (unpaired) electrons. The maximum absolute atomic E-state index is 13.9. The predicted octanol–water partition coefficient (Wildman–Crippen LogP) is 5.25. The number of aromatic nitrogens is 3. The minimum absolute atomic E-state index is 0.0732. The molecule has 1 amide bonds. The summed E-state index contributed by atoms with van der Waals surface area (Å²) in [5, 5.41) is 0. The van der Waals surface area contributed by atoms with Gasteiger partial charge in [-0.05, 0) is 60.8 Å². The molecule has 10 nitrogen and oxygen atoms in total. The second kappa shape index (κ2) is 13.1. The van der Waals surface area contributed by atoms with E-state index in [2.05, 4.69) is 18.0 Å². The highest BCUT2D eigenvalue weighted by Gasteiger charge is 2.25. The number of rotatable bonds is 9. The van der Waals surface area contributed by atoms with Gasteiger partial charge in [-0.2, -0.15) is 0 Å². The summed E-state index contributed by atoms with van der Waals surface area (Å²) < 4.78 is 40.2. The molecule has 1 atom stereocenters. The van der Waals surface area contributed by atoms with Crippen LogP contribution in [0.5, 0.6) is 5.75 Å². The standard InChI is InChI=1S/C37H39N5O5S/c1-40-15-13-29-17-30(18-34(46-3)31(29)21-40)33-19-38-36-35(39-33)32(22-42(36)48(44,45)24-25-7-5-4-6-8-25)27-9-11-28(12-10-27)37(43)41(2)20-26-14-16-47-23-26/h4-12,17-19,22,26H,13-16,20-21,23-24H2,1-3H3/t26-/m0/s1. The van der Waals surface area contributed by atoms with Crippen molar-refractivity contribution in [3.05, 3.63) is 101 Å². The Morgan fingerprint density at radius 1 is 1.08 bits per heavy atom. The van der Waals surface area contributed by atoms with Gasteiger partial charge in [-0.3, -0.25) is 4.79 Å². The number of benzene rings is 3. The van der Waals surface area contributed by atoms with Crippen molar-refractivity contribution in [1.82, 2.24) is 23.7 Å². The first-order valence-corrected chi connectivity index (χ1v) is 17.8. The second-order valence-corrected chi connectivity index (χ2v) is 14.7. The Morgan fingerprint density at radius 3 is 2.60 bits per heavy atom. The number of likely N-dealkylation sites (N-methyl/N-ethyl adjacent to an activating group) is 1. The molecule has 0 saturated carbocycles. The lowest BCUT2D eigenvalue weighted by Crippen LogP contribution is -2.32. The Morgan fingerprint density at radius 2 is 1.88 bits per heavy atom. The first-order valence-electron chi connectivity index (χ1n) is 16.2. The van der Waals surface area contributed by atoms with E-state index in [9.17, 15) is 13.2 Å². The van der Waals surface area contributed by atoms with E-state index in [1.165, 1.54) is 15.1 Å². The van der Waals surface area contributed by atoms with E-state index in [-0.39, 0.29) is 17.3 Å². The van der Waals surface area contributed by atoms with Crippen molar-refractivity contribution in [2.24, 2.45) is 5.92 Å². The minimum Gasteiger partial charge on any atom is -0.496 e. The van der Waals surface area contributed by atoms with Crippen LogP contribution in [0.25, 0.3) is 33.5 Å². The first kappa shape index (κ1) is 32.0. The van der Waals surface area contributed by atoms with Crippen LogP contribution in [-0.4, -0.2) is 85.6 Å². The summed E-state index contributed by atoms with van der Waals surface area (Å²) in [4.78, 5) is 27.0. The molecule has 0 unspecified atom stereocenters. The highest BCUT2D eigenvalue weighted by molar-refractivity contribution is 7.89. The lowest BCUT2D eigenvalue weighted by atomic mass is 9.95. The Balaban J connectivity index is 1.29. The summed E-state index contributed by atoms with van der Waals surface area (Å²) in [5.41, 5.74) is 7.12. The molecule has 48 heavy (non-hydrogen) atoms. The number of methoxy groups -OCH3 is 1. The zero-order valence-electron chi connectivity index (χ0n) is 27.4. The van der Waals surface area contributed by atoms with Crippen LogP contribution in [0.15, 0.2) is 79.1 Å². The summed E-state index contributed by atoms with van der Waals surface area (Å²) in [6, 6.07) is 20.5. The fraction of sp³-hybridized carbons (Fsp3) is 0.324. The number of carbonyl (C=O) groups excluding carboxylic acids is 1. The van der Waals surface area contributed by atoms with Crippen molar-refractivity contribution in [2.75, 3.05) is 47.5 Å². The minimum atomic E-state index is -3.86. The third-order valence-corrected chi connectivity index (χ3v) is 10.9. The van der Waals surface area contributed by atoms with Gasteiger partial charge in [-0.25, -0.2) is 22.4 Å². The Kier molecular flexibility index (Phi) is 8.76. The van der Waals surface area contributed by atoms with Crippen molar-refractivity contribution in [3.63, 3.8) is 0 Å². The van der Waals surface area contributed by atoms with E-state index in [0.717, 1.165) is 49.4 Å². The van der Waals surface area contributed by atoms with Crippen molar-refractivity contribution < 1.29 is 22.7 Å². The molecule has 3 aromatic carbocycles. The average molecular weight is 666 g/mol. The molecule has 2 aliphatic rings. The SMILES string of the molecule is COc1cc(-c2cnc3c(n2)c(-c2ccc(C(=O)N(C)C[C@@H]4CCOC4)cc2)cn3S(=O)(=O)Cc2ccccc2)cc2c1CN(C)CC2. The highest BCUT2D eigenvalue weighted by Crippen LogP contribution is 2.36. The maximum Gasteiger partial charge on any atom is 0.253 e. The van der Waals surface area contributed by atoms with Crippen LogP contribution in [0, 0.1) is 5.92 Å². The molecule has 4 heterocycles. The van der Waals surface area contributed by atoms with Crippen LogP contribution in [0.4, 0.5) is 0 Å². The number of amides is 1. The first-order chi connectivity index (χ1) is 23.2. The summed E-state index contributed by atoms with van der Waals surface area (Å²) in [6.07, 6.45) is 5.06. The normalized spacial score (nSPS) is 16.6. The average Bonchev–Trinajstić information content (AvgIpc) is 3.76. The van der Waals surface area contributed by atoms with Gasteiger partial charge in [0.2, 0.25) is 10.0 Å². The van der Waals surface area contributed by atoms with Crippen molar-refractivity contribution in [2.45, 2.75) is 25.1 Å². The molecule has 248 valence electrons. The fourth-order valence-corrected chi connectivity index (χ4v) is 8.10. The highest BCUT2D eigenvalue weighted by atomic mass is 32.2. The quantitative estimate of drug-likeness (QED) is 0.210. The monoisotopic (exact) mass is 665 g/mol. The van der Waals surface area contributed by atoms with Gasteiger partial charge >= 0.3 is 0 Å². The van der Waals surface area contributed by atoms with E-state index in [1.807, 2.05) is 43.4 Å². The van der Waals surface area contributed by atoms with Gasteiger partial charge in [0.15, 0.2) is 5.65 Å². The van der Waals surface area contributed by atoms with Crippen molar-refractivity contribution in [3.8, 4) is 28.1 Å². The molecule has 2 aromatic heterocycles. The third kappa shape index (κ3) is 6.33. The van der Waals surface area contributed by atoms with Gasteiger partial charge in [0, 0.05) is 67.7 Å². The van der Waals surface area contributed by atoms with E-state index in [0.29, 0.717) is 47.0 Å². The molecular formula is C37H39N5O5S. The number of hydrogen-bond donors (Lipinski definition) is 0. The van der Waals surface area contributed by atoms with E-state index in [4.69, 9.17) is 19.4 Å². The van der Waals surface area contributed by atoms with Crippen LogP contribution >= 0.6 is 0 Å². The fourth-order valence-electron chi connectivity index (χ4n) is 6.69. The molecular weight excluding hydrogens is 627 g/mol.